The van der Waals surface area contributed by atoms with Gasteiger partial charge in [-0.2, -0.15) is 0 Å². The van der Waals surface area contributed by atoms with E-state index in [-0.39, 0.29) is 0 Å². The summed E-state index contributed by atoms with van der Waals surface area (Å²) in [6.45, 7) is 2.12. The maximum atomic E-state index is 5.46. The van der Waals surface area contributed by atoms with E-state index in [9.17, 15) is 0 Å². The van der Waals surface area contributed by atoms with Crippen molar-refractivity contribution in [2.45, 2.75) is 31.7 Å². The molecule has 0 radical (unpaired) electrons. The van der Waals surface area contributed by atoms with Crippen LogP contribution in [0.5, 0.6) is 0 Å². The van der Waals surface area contributed by atoms with Crippen LogP contribution in [0.2, 0.25) is 0 Å². The molecule has 4 nitrogen and oxygen atoms in total. The Morgan fingerprint density at radius 2 is 2.14 bits per heavy atom. The van der Waals surface area contributed by atoms with E-state index in [0.717, 1.165) is 18.9 Å². The highest BCUT2D eigenvalue weighted by Gasteiger charge is 2.24. The van der Waals surface area contributed by atoms with Gasteiger partial charge in [0.05, 0.1) is 13.2 Å². The average molecular weight is 202 g/mol. The van der Waals surface area contributed by atoms with E-state index in [1.54, 1.807) is 7.11 Å². The number of hydrazine groups is 1. The summed E-state index contributed by atoms with van der Waals surface area (Å²) < 4.78 is 10.3. The number of methoxy groups -OCH3 is 1. The van der Waals surface area contributed by atoms with E-state index < -0.39 is 0 Å². The first-order valence-corrected chi connectivity index (χ1v) is 5.39. The molecule has 3 N–H and O–H groups in total. The van der Waals surface area contributed by atoms with Crippen LogP contribution in [0.3, 0.4) is 0 Å². The summed E-state index contributed by atoms with van der Waals surface area (Å²) in [6, 6.07) is 0.421. The molecule has 1 aliphatic carbocycles. The largest absolute Gasteiger partial charge is 0.382 e. The molecule has 0 amide bonds. The Labute approximate surface area is 86.1 Å². The van der Waals surface area contributed by atoms with Gasteiger partial charge in [-0.25, -0.2) is 0 Å². The Hall–Kier alpha value is -0.160. The minimum atomic E-state index is 0.421. The molecule has 0 aliphatic heterocycles. The quantitative estimate of drug-likeness (QED) is 0.328. The lowest BCUT2D eigenvalue weighted by Crippen LogP contribution is -2.36. The highest BCUT2D eigenvalue weighted by molar-refractivity contribution is 4.78. The van der Waals surface area contributed by atoms with E-state index >= 15 is 0 Å². The molecule has 1 saturated carbocycles. The van der Waals surface area contributed by atoms with Gasteiger partial charge in [0.25, 0.3) is 0 Å². The molecule has 1 unspecified atom stereocenters. The predicted octanol–water partition coefficient (Wildman–Crippen LogP) is 0.672. The van der Waals surface area contributed by atoms with Crippen molar-refractivity contribution in [2.24, 2.45) is 11.8 Å². The second-order valence-electron chi connectivity index (χ2n) is 3.94. The monoisotopic (exact) mass is 202 g/mol. The second-order valence-corrected chi connectivity index (χ2v) is 3.94. The smallest absolute Gasteiger partial charge is 0.0700 e. The molecule has 0 spiro atoms. The Morgan fingerprint density at radius 1 is 1.36 bits per heavy atom. The lowest BCUT2D eigenvalue weighted by molar-refractivity contribution is 0.0652. The molecule has 1 atom stereocenters. The van der Waals surface area contributed by atoms with Gasteiger partial charge in [0.1, 0.15) is 0 Å². The SMILES string of the molecule is COCCOCCC(CC1CC1)NN. The molecule has 1 fully saturated rings. The molecular weight excluding hydrogens is 180 g/mol. The molecule has 0 saturated heterocycles. The molecule has 0 bridgehead atoms. The first-order chi connectivity index (χ1) is 6.86. The minimum absolute atomic E-state index is 0.421. The van der Waals surface area contributed by atoms with Crippen molar-refractivity contribution in [3.8, 4) is 0 Å². The van der Waals surface area contributed by atoms with Crippen molar-refractivity contribution in [1.82, 2.24) is 5.43 Å². The van der Waals surface area contributed by atoms with Gasteiger partial charge >= 0.3 is 0 Å². The highest BCUT2D eigenvalue weighted by atomic mass is 16.5. The van der Waals surface area contributed by atoms with Crippen LogP contribution in [0.25, 0.3) is 0 Å². The van der Waals surface area contributed by atoms with Crippen molar-refractivity contribution in [3.05, 3.63) is 0 Å². The predicted molar refractivity (Wildman–Crippen MR) is 55.8 cm³/mol. The fraction of sp³-hybridized carbons (Fsp3) is 1.00. The van der Waals surface area contributed by atoms with Crippen LogP contribution >= 0.6 is 0 Å². The summed E-state index contributed by atoms with van der Waals surface area (Å²) in [5.41, 5.74) is 2.85. The van der Waals surface area contributed by atoms with Crippen LogP contribution in [0, 0.1) is 5.92 Å². The molecular formula is C10H22N2O2. The number of rotatable bonds is 9. The van der Waals surface area contributed by atoms with Crippen LogP contribution in [-0.4, -0.2) is 33.0 Å². The number of nitrogens with one attached hydrogen (secondary N) is 1. The highest BCUT2D eigenvalue weighted by Crippen LogP contribution is 2.33. The summed E-state index contributed by atoms with van der Waals surface area (Å²) in [5.74, 6) is 6.37. The van der Waals surface area contributed by atoms with Crippen LogP contribution in [0.15, 0.2) is 0 Å². The fourth-order valence-corrected chi connectivity index (χ4v) is 1.50. The van der Waals surface area contributed by atoms with Crippen molar-refractivity contribution in [3.63, 3.8) is 0 Å². The minimum Gasteiger partial charge on any atom is -0.382 e. The topological polar surface area (TPSA) is 56.5 Å². The van der Waals surface area contributed by atoms with Gasteiger partial charge in [-0.1, -0.05) is 12.8 Å². The zero-order chi connectivity index (χ0) is 10.2. The number of hydrogen-bond donors (Lipinski definition) is 2. The third kappa shape index (κ3) is 5.54. The first-order valence-electron chi connectivity index (χ1n) is 5.39. The van der Waals surface area contributed by atoms with Crippen molar-refractivity contribution < 1.29 is 9.47 Å². The van der Waals surface area contributed by atoms with Gasteiger partial charge in [0.15, 0.2) is 0 Å². The Morgan fingerprint density at radius 3 is 2.71 bits per heavy atom. The second kappa shape index (κ2) is 7.17. The first kappa shape index (κ1) is 11.9. The van der Waals surface area contributed by atoms with E-state index in [0.29, 0.717) is 19.3 Å². The summed E-state index contributed by atoms with van der Waals surface area (Å²) in [7, 11) is 1.68. The van der Waals surface area contributed by atoms with Gasteiger partial charge in [-0.05, 0) is 18.8 Å². The molecule has 0 heterocycles. The third-order valence-electron chi connectivity index (χ3n) is 2.59. The summed E-state index contributed by atoms with van der Waals surface area (Å²) in [5, 5.41) is 0. The maximum Gasteiger partial charge on any atom is 0.0700 e. The lowest BCUT2D eigenvalue weighted by atomic mass is 10.1. The zero-order valence-electron chi connectivity index (χ0n) is 9.00. The summed E-state index contributed by atoms with van der Waals surface area (Å²) in [6.07, 6.45) is 4.95. The van der Waals surface area contributed by atoms with Crippen molar-refractivity contribution in [2.75, 3.05) is 26.9 Å². The molecule has 0 aromatic heterocycles. The molecule has 14 heavy (non-hydrogen) atoms. The molecule has 4 heteroatoms. The van der Waals surface area contributed by atoms with E-state index in [1.807, 2.05) is 0 Å². The molecule has 1 aliphatic rings. The van der Waals surface area contributed by atoms with Gasteiger partial charge in [-0.3, -0.25) is 11.3 Å². The third-order valence-corrected chi connectivity index (χ3v) is 2.59. The molecule has 0 aromatic rings. The van der Waals surface area contributed by atoms with E-state index in [1.165, 1.54) is 19.3 Å². The Bertz CT molecular complexity index is 140. The number of hydrogen-bond acceptors (Lipinski definition) is 4. The summed E-state index contributed by atoms with van der Waals surface area (Å²) in [4.78, 5) is 0. The average Bonchev–Trinajstić information content (AvgIpc) is 2.99. The van der Waals surface area contributed by atoms with Gasteiger partial charge in [0, 0.05) is 19.8 Å². The molecule has 84 valence electrons. The molecule has 1 rings (SSSR count). The van der Waals surface area contributed by atoms with Gasteiger partial charge in [0.2, 0.25) is 0 Å². The Kier molecular flexibility index (Phi) is 6.10. The van der Waals surface area contributed by atoms with Gasteiger partial charge in [-0.15, -0.1) is 0 Å². The van der Waals surface area contributed by atoms with Crippen LogP contribution in [0.4, 0.5) is 0 Å². The van der Waals surface area contributed by atoms with Crippen LogP contribution in [0.1, 0.15) is 25.7 Å². The van der Waals surface area contributed by atoms with Crippen molar-refractivity contribution in [1.29, 1.82) is 0 Å². The summed E-state index contributed by atoms with van der Waals surface area (Å²) >= 11 is 0. The number of nitrogens with two attached hydrogens (primary N) is 1. The van der Waals surface area contributed by atoms with E-state index in [2.05, 4.69) is 5.43 Å². The Balaban J connectivity index is 1.90. The van der Waals surface area contributed by atoms with E-state index in [4.69, 9.17) is 15.3 Å². The zero-order valence-corrected chi connectivity index (χ0v) is 9.00. The maximum absolute atomic E-state index is 5.46. The van der Waals surface area contributed by atoms with Crippen LogP contribution in [-0.2, 0) is 9.47 Å². The number of ether oxygens (including phenoxy) is 2. The standard InChI is InChI=1S/C10H22N2O2/c1-13-6-7-14-5-4-10(12-11)8-9-2-3-9/h9-10,12H,2-8,11H2,1H3. The van der Waals surface area contributed by atoms with Crippen molar-refractivity contribution >= 4 is 0 Å². The molecule has 0 aromatic carbocycles. The normalized spacial score (nSPS) is 18.4. The fourth-order valence-electron chi connectivity index (χ4n) is 1.50. The van der Waals surface area contributed by atoms with Gasteiger partial charge < -0.3 is 9.47 Å². The lowest BCUT2D eigenvalue weighted by Gasteiger charge is -2.15. The van der Waals surface area contributed by atoms with Crippen LogP contribution < -0.4 is 11.3 Å².